The first kappa shape index (κ1) is 14.4. The number of halogens is 1. The third kappa shape index (κ3) is 2.42. The van der Waals surface area contributed by atoms with E-state index in [-0.39, 0.29) is 6.10 Å². The number of nitrogens with zero attached hydrogens (tertiary/aromatic N) is 2. The summed E-state index contributed by atoms with van der Waals surface area (Å²) in [5, 5.41) is 14.8. The number of aromatic nitrogens is 2. The van der Waals surface area contributed by atoms with Crippen LogP contribution in [0.15, 0.2) is 22.7 Å². The van der Waals surface area contributed by atoms with Crippen molar-refractivity contribution in [3.05, 3.63) is 39.5 Å². The Labute approximate surface area is 131 Å². The number of methoxy groups -OCH3 is 1. The number of aryl methyl sites for hydroxylation is 2. The van der Waals surface area contributed by atoms with Gasteiger partial charge >= 0.3 is 0 Å². The molecular weight excluding hydrogens is 336 g/mol. The van der Waals surface area contributed by atoms with Gasteiger partial charge in [0, 0.05) is 23.5 Å². The highest BCUT2D eigenvalue weighted by atomic mass is 79.9. The molecule has 0 saturated heterocycles. The molecule has 1 aliphatic heterocycles. The van der Waals surface area contributed by atoms with Crippen LogP contribution in [0.2, 0.25) is 0 Å². The van der Waals surface area contributed by atoms with Crippen molar-refractivity contribution in [1.29, 1.82) is 0 Å². The first-order chi connectivity index (χ1) is 10.0. The van der Waals surface area contributed by atoms with Gasteiger partial charge in [0.15, 0.2) is 0 Å². The predicted octanol–water partition coefficient (Wildman–Crippen LogP) is 3.06. The normalized spacial score (nSPS) is 20.8. The molecule has 0 saturated carbocycles. The van der Waals surface area contributed by atoms with E-state index in [1.165, 1.54) is 0 Å². The molecule has 0 bridgehead atoms. The molecule has 2 heterocycles. The van der Waals surface area contributed by atoms with Crippen LogP contribution in [0, 0.1) is 6.92 Å². The molecule has 3 rings (SSSR count). The number of rotatable bonds is 2. The molecule has 6 heteroatoms. The van der Waals surface area contributed by atoms with Crippen molar-refractivity contribution in [2.75, 3.05) is 7.11 Å². The molecular formula is C15H17BrN2O3. The van der Waals surface area contributed by atoms with Crippen LogP contribution in [0.5, 0.6) is 11.6 Å². The van der Waals surface area contributed by atoms with E-state index >= 15 is 0 Å². The summed E-state index contributed by atoms with van der Waals surface area (Å²) in [4.78, 5) is 0. The van der Waals surface area contributed by atoms with Gasteiger partial charge in [0.25, 0.3) is 0 Å². The summed E-state index contributed by atoms with van der Waals surface area (Å²) in [7, 11) is 3.45. The van der Waals surface area contributed by atoms with Gasteiger partial charge in [-0.1, -0.05) is 22.0 Å². The van der Waals surface area contributed by atoms with Crippen LogP contribution in [0.1, 0.15) is 35.4 Å². The smallest absolute Gasteiger partial charge is 0.218 e. The summed E-state index contributed by atoms with van der Waals surface area (Å²) in [6, 6.07) is 5.66. The minimum absolute atomic E-state index is 0.273. The maximum Gasteiger partial charge on any atom is 0.218 e. The molecule has 0 spiro atoms. The van der Waals surface area contributed by atoms with Gasteiger partial charge in [-0.15, -0.1) is 0 Å². The Morgan fingerprint density at radius 2 is 2.24 bits per heavy atom. The lowest BCUT2D eigenvalue weighted by atomic mass is 9.95. The van der Waals surface area contributed by atoms with Gasteiger partial charge < -0.3 is 14.6 Å². The molecule has 1 N–H and O–H groups in total. The van der Waals surface area contributed by atoms with Crippen LogP contribution in [0.4, 0.5) is 0 Å². The van der Waals surface area contributed by atoms with E-state index in [0.29, 0.717) is 18.1 Å². The molecule has 0 fully saturated rings. The molecule has 112 valence electrons. The van der Waals surface area contributed by atoms with Crippen LogP contribution >= 0.6 is 15.9 Å². The lowest BCUT2D eigenvalue weighted by Gasteiger charge is -2.30. The molecule has 2 atom stereocenters. The Morgan fingerprint density at radius 3 is 2.95 bits per heavy atom. The fourth-order valence-corrected chi connectivity index (χ4v) is 3.20. The highest BCUT2D eigenvalue weighted by Crippen LogP contribution is 2.44. The zero-order chi connectivity index (χ0) is 15.1. The van der Waals surface area contributed by atoms with E-state index in [1.54, 1.807) is 11.8 Å². The van der Waals surface area contributed by atoms with Gasteiger partial charge in [-0.25, -0.2) is 4.68 Å². The van der Waals surface area contributed by atoms with Gasteiger partial charge in [-0.2, -0.15) is 5.10 Å². The first-order valence-electron chi connectivity index (χ1n) is 6.73. The Bertz CT molecular complexity index is 684. The minimum atomic E-state index is -0.559. The van der Waals surface area contributed by atoms with Crippen molar-refractivity contribution < 1.29 is 14.6 Å². The first-order valence-corrected chi connectivity index (χ1v) is 7.52. The third-order valence-corrected chi connectivity index (χ3v) is 4.26. The summed E-state index contributed by atoms with van der Waals surface area (Å²) in [5.41, 5.74) is 2.56. The highest BCUT2D eigenvalue weighted by Gasteiger charge is 2.33. The Hall–Kier alpha value is -1.53. The van der Waals surface area contributed by atoms with Crippen molar-refractivity contribution >= 4 is 15.9 Å². The van der Waals surface area contributed by atoms with Crippen molar-refractivity contribution in [3.63, 3.8) is 0 Å². The topological polar surface area (TPSA) is 56.5 Å². The van der Waals surface area contributed by atoms with E-state index in [4.69, 9.17) is 9.47 Å². The number of aliphatic hydroxyl groups is 1. The Morgan fingerprint density at radius 1 is 1.48 bits per heavy atom. The summed E-state index contributed by atoms with van der Waals surface area (Å²) >= 11 is 3.43. The molecule has 0 amide bonds. The van der Waals surface area contributed by atoms with E-state index in [2.05, 4.69) is 21.0 Å². The van der Waals surface area contributed by atoms with Crippen molar-refractivity contribution in [2.45, 2.75) is 25.6 Å². The van der Waals surface area contributed by atoms with Crippen molar-refractivity contribution in [3.8, 4) is 11.6 Å². The zero-order valence-electron chi connectivity index (χ0n) is 12.1. The molecule has 0 aliphatic carbocycles. The number of benzene rings is 1. The van der Waals surface area contributed by atoms with E-state index in [9.17, 15) is 5.11 Å². The maximum absolute atomic E-state index is 10.4. The van der Waals surface area contributed by atoms with Crippen LogP contribution < -0.4 is 9.47 Å². The highest BCUT2D eigenvalue weighted by molar-refractivity contribution is 9.10. The largest absolute Gasteiger partial charge is 0.485 e. The Balaban J connectivity index is 2.03. The van der Waals surface area contributed by atoms with Crippen LogP contribution in [0.3, 0.4) is 0 Å². The summed E-state index contributed by atoms with van der Waals surface area (Å²) < 4.78 is 14.1. The number of aliphatic hydroxyl groups excluding tert-OH is 1. The SMILES string of the molecule is COc1c(C2C[C@H](O)c3ccc(Br)cc3O2)c(C)nn1C. The number of ether oxygens (including phenoxy) is 2. The number of fused-ring (bicyclic) bond motifs is 1. The average molecular weight is 353 g/mol. The van der Waals surface area contributed by atoms with Crippen LogP contribution in [-0.4, -0.2) is 22.0 Å². The fraction of sp³-hybridized carbons (Fsp3) is 0.400. The van der Waals surface area contributed by atoms with Gasteiger partial charge in [-0.05, 0) is 19.1 Å². The van der Waals surface area contributed by atoms with E-state index in [1.807, 2.05) is 32.2 Å². The Kier molecular flexibility index (Phi) is 3.67. The average Bonchev–Trinajstić information content (AvgIpc) is 2.71. The quantitative estimate of drug-likeness (QED) is 0.902. The monoisotopic (exact) mass is 352 g/mol. The number of hydrogen-bond acceptors (Lipinski definition) is 4. The van der Waals surface area contributed by atoms with E-state index in [0.717, 1.165) is 21.3 Å². The second kappa shape index (κ2) is 5.35. The maximum atomic E-state index is 10.4. The second-order valence-corrected chi connectivity index (χ2v) is 6.09. The standard InChI is InChI=1S/C15H17BrN2O3/c1-8-14(15(20-3)18(2)17-8)13-7-11(19)10-5-4-9(16)6-12(10)21-13/h4-6,11,13,19H,7H2,1-3H3/t11-,13?/m0/s1. The molecule has 1 unspecified atom stereocenters. The minimum Gasteiger partial charge on any atom is -0.485 e. The number of hydrogen-bond donors (Lipinski definition) is 1. The van der Waals surface area contributed by atoms with E-state index < -0.39 is 6.10 Å². The van der Waals surface area contributed by atoms with Crippen LogP contribution in [-0.2, 0) is 7.05 Å². The zero-order valence-corrected chi connectivity index (χ0v) is 13.7. The molecule has 5 nitrogen and oxygen atoms in total. The molecule has 2 aromatic rings. The van der Waals surface area contributed by atoms with Gasteiger partial charge in [0.1, 0.15) is 11.9 Å². The fourth-order valence-electron chi connectivity index (χ4n) is 2.86. The van der Waals surface area contributed by atoms with Crippen LogP contribution in [0.25, 0.3) is 0 Å². The summed E-state index contributed by atoms with van der Waals surface area (Å²) in [5.74, 6) is 1.36. The van der Waals surface area contributed by atoms with Crippen molar-refractivity contribution in [2.24, 2.45) is 7.05 Å². The lowest BCUT2D eigenvalue weighted by molar-refractivity contribution is 0.0640. The summed E-state index contributed by atoms with van der Waals surface area (Å²) in [6.45, 7) is 1.92. The van der Waals surface area contributed by atoms with Gasteiger partial charge in [0.05, 0.1) is 24.5 Å². The lowest BCUT2D eigenvalue weighted by Crippen LogP contribution is -2.20. The molecule has 21 heavy (non-hydrogen) atoms. The molecule has 0 radical (unpaired) electrons. The predicted molar refractivity (Wildman–Crippen MR) is 81.6 cm³/mol. The van der Waals surface area contributed by atoms with Crippen molar-refractivity contribution in [1.82, 2.24) is 9.78 Å². The van der Waals surface area contributed by atoms with Gasteiger partial charge in [-0.3, -0.25) is 0 Å². The molecule has 1 aromatic carbocycles. The third-order valence-electron chi connectivity index (χ3n) is 3.77. The second-order valence-electron chi connectivity index (χ2n) is 5.17. The summed E-state index contributed by atoms with van der Waals surface area (Å²) in [6.07, 6.45) is -0.348. The van der Waals surface area contributed by atoms with Gasteiger partial charge in [0.2, 0.25) is 5.88 Å². The molecule has 1 aromatic heterocycles. The molecule has 1 aliphatic rings.